The summed E-state index contributed by atoms with van der Waals surface area (Å²) in [4.78, 5) is 3.76. The number of hydrogen-bond donors (Lipinski definition) is 0. The molecule has 4 heteroatoms. The minimum Gasteiger partial charge on any atom is -0.295 e. The van der Waals surface area contributed by atoms with Crippen LogP contribution in [0.5, 0.6) is 0 Å². The highest BCUT2D eigenvalue weighted by Gasteiger charge is 2.15. The van der Waals surface area contributed by atoms with Crippen molar-refractivity contribution in [3.63, 3.8) is 0 Å². The third kappa shape index (κ3) is 3.93. The van der Waals surface area contributed by atoms with Crippen molar-refractivity contribution in [2.45, 2.75) is 13.5 Å². The van der Waals surface area contributed by atoms with Crippen molar-refractivity contribution in [3.05, 3.63) is 57.8 Å². The summed E-state index contributed by atoms with van der Waals surface area (Å²) in [6.07, 6.45) is 2.01. The molecule has 3 nitrogen and oxygen atoms in total. The van der Waals surface area contributed by atoms with Crippen LogP contribution in [0.3, 0.4) is 0 Å². The maximum Gasteiger partial charge on any atom is 0.0645 e. The molecule has 21 heavy (non-hydrogen) atoms. The summed E-state index contributed by atoms with van der Waals surface area (Å²) in [5.74, 6) is 0. The molecule has 0 saturated carbocycles. The summed E-state index contributed by atoms with van der Waals surface area (Å²) < 4.78 is 0. The van der Waals surface area contributed by atoms with Crippen molar-refractivity contribution in [1.82, 2.24) is 9.91 Å². The van der Waals surface area contributed by atoms with Gasteiger partial charge < -0.3 is 0 Å². The minimum atomic E-state index is 1.01. The van der Waals surface area contributed by atoms with Crippen LogP contribution in [0, 0.1) is 6.92 Å². The van der Waals surface area contributed by atoms with Crippen LogP contribution in [0.1, 0.15) is 16.0 Å². The Morgan fingerprint density at radius 3 is 2.52 bits per heavy atom. The lowest BCUT2D eigenvalue weighted by molar-refractivity contribution is 0.131. The van der Waals surface area contributed by atoms with Gasteiger partial charge in [0.1, 0.15) is 0 Å². The Balaban J connectivity index is 1.49. The molecule has 2 aromatic rings. The molecule has 0 radical (unpaired) electrons. The van der Waals surface area contributed by atoms with E-state index in [1.165, 1.54) is 16.0 Å². The van der Waals surface area contributed by atoms with E-state index in [4.69, 9.17) is 0 Å². The van der Waals surface area contributed by atoms with Crippen LogP contribution in [-0.4, -0.2) is 42.3 Å². The lowest BCUT2D eigenvalue weighted by Crippen LogP contribution is -2.43. The van der Waals surface area contributed by atoms with Gasteiger partial charge in [-0.05, 0) is 29.5 Å². The Labute approximate surface area is 130 Å². The number of aryl methyl sites for hydroxylation is 1. The van der Waals surface area contributed by atoms with Crippen LogP contribution in [-0.2, 0) is 6.54 Å². The monoisotopic (exact) mass is 299 g/mol. The first-order chi connectivity index (χ1) is 10.3. The number of benzene rings is 1. The molecule has 0 unspecified atom stereocenters. The van der Waals surface area contributed by atoms with Crippen LogP contribution >= 0.6 is 11.3 Å². The van der Waals surface area contributed by atoms with Crippen LogP contribution in [0.15, 0.2) is 46.9 Å². The molecule has 0 bridgehead atoms. The lowest BCUT2D eigenvalue weighted by Gasteiger charge is -2.33. The highest BCUT2D eigenvalue weighted by Crippen LogP contribution is 2.13. The van der Waals surface area contributed by atoms with E-state index in [1.807, 2.05) is 6.21 Å². The first-order valence-corrected chi connectivity index (χ1v) is 8.28. The van der Waals surface area contributed by atoms with Gasteiger partial charge in [-0.2, -0.15) is 5.10 Å². The molecule has 2 heterocycles. The molecule has 0 N–H and O–H groups in total. The molecule has 0 spiro atoms. The van der Waals surface area contributed by atoms with E-state index in [0.717, 1.165) is 32.7 Å². The fourth-order valence-corrected chi connectivity index (χ4v) is 3.28. The summed E-state index contributed by atoms with van der Waals surface area (Å²) in [6.45, 7) is 7.35. The number of piperazine rings is 1. The molecule has 110 valence electrons. The maximum atomic E-state index is 4.62. The van der Waals surface area contributed by atoms with Gasteiger partial charge in [0.2, 0.25) is 0 Å². The van der Waals surface area contributed by atoms with E-state index in [9.17, 15) is 0 Å². The molecule has 0 aliphatic carbocycles. The molecule has 1 aromatic carbocycles. The summed E-state index contributed by atoms with van der Waals surface area (Å²) in [6, 6.07) is 12.8. The molecule has 1 aromatic heterocycles. The molecular formula is C17H21N3S. The van der Waals surface area contributed by atoms with Gasteiger partial charge in [0, 0.05) is 37.6 Å². The molecule has 3 rings (SSSR count). The van der Waals surface area contributed by atoms with E-state index in [0.29, 0.717) is 0 Å². The zero-order valence-electron chi connectivity index (χ0n) is 12.4. The van der Waals surface area contributed by atoms with Gasteiger partial charge in [-0.25, -0.2) is 0 Å². The third-order valence-corrected chi connectivity index (χ3v) is 4.79. The minimum absolute atomic E-state index is 1.01. The summed E-state index contributed by atoms with van der Waals surface area (Å²) in [5.41, 5.74) is 2.70. The summed E-state index contributed by atoms with van der Waals surface area (Å²) in [7, 11) is 0. The average Bonchev–Trinajstić information content (AvgIpc) is 2.93. The Bertz CT molecular complexity index is 583. The normalized spacial score (nSPS) is 16.7. The fraction of sp³-hybridized carbons (Fsp3) is 0.353. The van der Waals surface area contributed by atoms with Crippen molar-refractivity contribution < 1.29 is 0 Å². The lowest BCUT2D eigenvalue weighted by atomic mass is 10.2. The molecule has 1 saturated heterocycles. The van der Waals surface area contributed by atoms with Gasteiger partial charge >= 0.3 is 0 Å². The van der Waals surface area contributed by atoms with Crippen LogP contribution in [0.2, 0.25) is 0 Å². The van der Waals surface area contributed by atoms with Crippen LogP contribution in [0.25, 0.3) is 0 Å². The Morgan fingerprint density at radius 2 is 1.86 bits per heavy atom. The van der Waals surface area contributed by atoms with Crippen molar-refractivity contribution in [3.8, 4) is 0 Å². The van der Waals surface area contributed by atoms with Crippen molar-refractivity contribution >= 4 is 17.6 Å². The standard InChI is InChI=1S/C17H21N3S/c1-15-7-12-21-17(15)13-18-20-10-8-19(9-11-20)14-16-5-3-2-4-6-16/h2-7,12-13H,8-11,14H2,1H3. The first-order valence-electron chi connectivity index (χ1n) is 7.40. The highest BCUT2D eigenvalue weighted by atomic mass is 32.1. The van der Waals surface area contributed by atoms with E-state index >= 15 is 0 Å². The Kier molecular flexibility index (Phi) is 4.68. The Morgan fingerprint density at radius 1 is 1.10 bits per heavy atom. The Hall–Kier alpha value is -1.65. The summed E-state index contributed by atoms with van der Waals surface area (Å²) in [5, 5.41) is 8.92. The first kappa shape index (κ1) is 14.3. The number of nitrogens with zero attached hydrogens (tertiary/aromatic N) is 3. The van der Waals surface area contributed by atoms with Crippen LogP contribution < -0.4 is 0 Å². The van der Waals surface area contributed by atoms with Crippen LogP contribution in [0.4, 0.5) is 0 Å². The molecule has 0 atom stereocenters. The number of rotatable bonds is 4. The topological polar surface area (TPSA) is 18.8 Å². The zero-order valence-corrected chi connectivity index (χ0v) is 13.2. The second-order valence-corrected chi connectivity index (χ2v) is 6.38. The van der Waals surface area contributed by atoms with Crippen molar-refractivity contribution in [2.75, 3.05) is 26.2 Å². The average molecular weight is 299 g/mol. The van der Waals surface area contributed by atoms with Gasteiger partial charge in [0.25, 0.3) is 0 Å². The molecule has 1 aliphatic rings. The number of hydrazone groups is 1. The SMILES string of the molecule is Cc1ccsc1C=NN1CCN(Cc2ccccc2)CC1. The number of hydrogen-bond acceptors (Lipinski definition) is 4. The second-order valence-electron chi connectivity index (χ2n) is 5.43. The van der Waals surface area contributed by atoms with Crippen molar-refractivity contribution in [2.24, 2.45) is 5.10 Å². The highest BCUT2D eigenvalue weighted by molar-refractivity contribution is 7.11. The molecule has 1 fully saturated rings. The van der Waals surface area contributed by atoms with Gasteiger partial charge in [-0.1, -0.05) is 30.3 Å². The molecule has 0 amide bonds. The third-order valence-electron chi connectivity index (χ3n) is 3.84. The smallest absolute Gasteiger partial charge is 0.0645 e. The van der Waals surface area contributed by atoms with Gasteiger partial charge in [-0.15, -0.1) is 11.3 Å². The molecular weight excluding hydrogens is 278 g/mol. The largest absolute Gasteiger partial charge is 0.295 e. The van der Waals surface area contributed by atoms with Crippen molar-refractivity contribution in [1.29, 1.82) is 0 Å². The predicted octanol–water partition coefficient (Wildman–Crippen LogP) is 3.21. The second kappa shape index (κ2) is 6.87. The maximum absolute atomic E-state index is 4.62. The predicted molar refractivity (Wildman–Crippen MR) is 89.9 cm³/mol. The quantitative estimate of drug-likeness (QED) is 0.807. The zero-order chi connectivity index (χ0) is 14.5. The fourth-order valence-electron chi connectivity index (χ4n) is 2.50. The summed E-state index contributed by atoms with van der Waals surface area (Å²) >= 11 is 1.75. The van der Waals surface area contributed by atoms with E-state index in [1.54, 1.807) is 11.3 Å². The van der Waals surface area contributed by atoms with E-state index in [2.05, 4.69) is 63.7 Å². The van der Waals surface area contributed by atoms with Gasteiger partial charge in [0.05, 0.1) is 6.21 Å². The number of thiophene rings is 1. The van der Waals surface area contributed by atoms with Gasteiger partial charge in [-0.3, -0.25) is 9.91 Å². The molecule has 1 aliphatic heterocycles. The van der Waals surface area contributed by atoms with Gasteiger partial charge in [0.15, 0.2) is 0 Å². The van der Waals surface area contributed by atoms with E-state index < -0.39 is 0 Å². The van der Waals surface area contributed by atoms with E-state index in [-0.39, 0.29) is 0 Å².